The van der Waals surface area contributed by atoms with Crippen LogP contribution in [0.5, 0.6) is 0 Å². The number of anilines is 3. The van der Waals surface area contributed by atoms with Crippen LogP contribution in [0.2, 0.25) is 0 Å². The summed E-state index contributed by atoms with van der Waals surface area (Å²) in [6, 6.07) is 18.8. The van der Waals surface area contributed by atoms with Crippen molar-refractivity contribution in [3.8, 4) is 22.9 Å². The number of fused-ring (bicyclic) bond motifs is 1. The Morgan fingerprint density at radius 2 is 1.86 bits per heavy atom. The lowest BCUT2D eigenvalue weighted by Crippen LogP contribution is -2.32. The zero-order valence-electron chi connectivity index (χ0n) is 23.5. The van der Waals surface area contributed by atoms with Gasteiger partial charge in [0.05, 0.1) is 29.4 Å². The van der Waals surface area contributed by atoms with Gasteiger partial charge in [-0.2, -0.15) is 4.98 Å². The molecular formula is C30H30BN7O4. The van der Waals surface area contributed by atoms with E-state index >= 15 is 0 Å². The van der Waals surface area contributed by atoms with Gasteiger partial charge in [-0.05, 0) is 61.6 Å². The van der Waals surface area contributed by atoms with Gasteiger partial charge in [-0.25, -0.2) is 4.98 Å². The van der Waals surface area contributed by atoms with Gasteiger partial charge in [0.2, 0.25) is 11.8 Å². The van der Waals surface area contributed by atoms with Crippen molar-refractivity contribution < 1.29 is 18.8 Å². The van der Waals surface area contributed by atoms with E-state index in [4.69, 9.17) is 18.7 Å². The zero-order chi connectivity index (χ0) is 29.1. The first-order valence-corrected chi connectivity index (χ1v) is 13.7. The van der Waals surface area contributed by atoms with Crippen LogP contribution in [0, 0.1) is 0 Å². The number of aliphatic hydroxyl groups is 1. The third-order valence-electron chi connectivity index (χ3n) is 6.98. The number of nitrogens with zero attached hydrogens (tertiary/aromatic N) is 5. The van der Waals surface area contributed by atoms with Crippen molar-refractivity contribution in [2.45, 2.75) is 32.4 Å². The van der Waals surface area contributed by atoms with Gasteiger partial charge in [0.25, 0.3) is 5.89 Å². The molecule has 3 aromatic heterocycles. The van der Waals surface area contributed by atoms with Gasteiger partial charge >= 0.3 is 7.12 Å². The normalized spacial score (nSPS) is 14.4. The molecule has 0 saturated carbocycles. The summed E-state index contributed by atoms with van der Waals surface area (Å²) in [6.07, 6.45) is 4.94. The van der Waals surface area contributed by atoms with Crippen molar-refractivity contribution in [3.05, 3.63) is 90.4 Å². The second-order valence-electron chi connectivity index (χ2n) is 10.2. The maximum Gasteiger partial charge on any atom is 0.494 e. The fraction of sp³-hybridized carbons (Fsp3) is 0.233. The average Bonchev–Trinajstić information content (AvgIpc) is 3.60. The molecule has 0 amide bonds. The number of pyridine rings is 1. The minimum atomic E-state index is -0.516. The van der Waals surface area contributed by atoms with E-state index in [1.165, 1.54) is 0 Å². The van der Waals surface area contributed by atoms with Gasteiger partial charge in [-0.3, -0.25) is 4.98 Å². The number of aromatic nitrogens is 5. The van der Waals surface area contributed by atoms with Gasteiger partial charge in [0.1, 0.15) is 5.82 Å². The summed E-state index contributed by atoms with van der Waals surface area (Å²) in [6.45, 7) is 6.37. The van der Waals surface area contributed by atoms with Crippen molar-refractivity contribution in [3.63, 3.8) is 0 Å². The van der Waals surface area contributed by atoms with E-state index in [9.17, 15) is 5.11 Å². The molecule has 0 radical (unpaired) electrons. The first-order valence-electron chi connectivity index (χ1n) is 13.7. The van der Waals surface area contributed by atoms with E-state index in [0.717, 1.165) is 22.3 Å². The molecule has 2 aromatic carbocycles. The number of hydrogen-bond donors (Lipinski definition) is 3. The number of benzene rings is 2. The van der Waals surface area contributed by atoms with E-state index in [2.05, 4.69) is 30.8 Å². The Hall–Kier alpha value is -4.65. The van der Waals surface area contributed by atoms with Gasteiger partial charge in [-0.1, -0.05) is 36.4 Å². The van der Waals surface area contributed by atoms with E-state index in [0.29, 0.717) is 35.4 Å². The molecule has 212 valence electrons. The second-order valence-corrected chi connectivity index (χ2v) is 10.2. The van der Waals surface area contributed by atoms with Gasteiger partial charge in [0, 0.05) is 30.9 Å². The molecule has 6 rings (SSSR count). The Bertz CT molecular complexity index is 1670. The predicted molar refractivity (Wildman–Crippen MR) is 159 cm³/mol. The van der Waals surface area contributed by atoms with Crippen LogP contribution < -0.4 is 16.1 Å². The molecule has 0 spiro atoms. The summed E-state index contributed by atoms with van der Waals surface area (Å²) in [5.74, 6) is 1.31. The molecule has 42 heavy (non-hydrogen) atoms. The number of nitrogens with one attached hydrogen (secondary N) is 2. The molecule has 0 bridgehead atoms. The van der Waals surface area contributed by atoms with Gasteiger partial charge < -0.3 is 29.5 Å². The highest BCUT2D eigenvalue weighted by molar-refractivity contribution is 6.63. The maximum absolute atomic E-state index is 10.3. The molecule has 1 aliphatic rings. The third-order valence-corrected chi connectivity index (χ3v) is 6.98. The van der Waals surface area contributed by atoms with E-state index in [1.54, 1.807) is 24.7 Å². The molecule has 12 heteroatoms. The molecule has 1 atom stereocenters. The van der Waals surface area contributed by atoms with Crippen molar-refractivity contribution in [1.82, 2.24) is 25.1 Å². The van der Waals surface area contributed by atoms with Crippen molar-refractivity contribution in [2.24, 2.45) is 0 Å². The Morgan fingerprint density at radius 3 is 2.62 bits per heavy atom. The predicted octanol–water partition coefficient (Wildman–Crippen LogP) is 4.47. The topological polar surface area (TPSA) is 140 Å². The van der Waals surface area contributed by atoms with Crippen LogP contribution in [0.25, 0.3) is 22.9 Å². The SMILES string of the molecule is CCOB1OC(C)(C)c2cc(Nc3ncc(-c4nnc(-c5cccnc5)o4)c(N[C@H](CO)c4ccccc4)n3)ccc21. The van der Waals surface area contributed by atoms with Crippen LogP contribution in [0.3, 0.4) is 0 Å². The van der Waals surface area contributed by atoms with Crippen LogP contribution in [-0.2, 0) is 14.9 Å². The van der Waals surface area contributed by atoms with Crippen molar-refractivity contribution in [1.29, 1.82) is 0 Å². The summed E-state index contributed by atoms with van der Waals surface area (Å²) >= 11 is 0. The Kier molecular flexibility index (Phi) is 7.66. The highest BCUT2D eigenvalue weighted by atomic mass is 16.6. The van der Waals surface area contributed by atoms with Crippen LogP contribution in [0.15, 0.2) is 83.7 Å². The lowest BCUT2D eigenvalue weighted by atomic mass is 9.77. The monoisotopic (exact) mass is 563 g/mol. The van der Waals surface area contributed by atoms with Crippen LogP contribution in [-0.4, -0.2) is 50.6 Å². The third kappa shape index (κ3) is 5.60. The molecule has 1 aliphatic heterocycles. The quantitative estimate of drug-likeness (QED) is 0.207. The first-order chi connectivity index (χ1) is 20.4. The van der Waals surface area contributed by atoms with E-state index in [-0.39, 0.29) is 12.5 Å². The molecule has 0 saturated heterocycles. The molecule has 3 N–H and O–H groups in total. The summed E-state index contributed by atoms with van der Waals surface area (Å²) < 4.78 is 17.9. The molecule has 0 aliphatic carbocycles. The highest BCUT2D eigenvalue weighted by Gasteiger charge is 2.42. The lowest BCUT2D eigenvalue weighted by Gasteiger charge is -2.21. The summed E-state index contributed by atoms with van der Waals surface area (Å²) in [7, 11) is -0.403. The van der Waals surface area contributed by atoms with Crippen LogP contribution >= 0.6 is 0 Å². The van der Waals surface area contributed by atoms with Gasteiger partial charge in [0.15, 0.2) is 0 Å². The molecule has 4 heterocycles. The Labute approximate surface area is 243 Å². The lowest BCUT2D eigenvalue weighted by molar-refractivity contribution is 0.0867. The van der Waals surface area contributed by atoms with E-state index < -0.39 is 18.8 Å². The van der Waals surface area contributed by atoms with Crippen molar-refractivity contribution >= 4 is 30.0 Å². The fourth-order valence-electron chi connectivity index (χ4n) is 4.89. The molecule has 11 nitrogen and oxygen atoms in total. The molecule has 0 unspecified atom stereocenters. The first kappa shape index (κ1) is 27.5. The minimum absolute atomic E-state index is 0.165. The molecular weight excluding hydrogens is 533 g/mol. The van der Waals surface area contributed by atoms with Crippen molar-refractivity contribution in [2.75, 3.05) is 23.8 Å². The smallest absolute Gasteiger partial charge is 0.416 e. The minimum Gasteiger partial charge on any atom is -0.416 e. The Balaban J connectivity index is 1.34. The van der Waals surface area contributed by atoms with Crippen LogP contribution in [0.4, 0.5) is 17.5 Å². The highest BCUT2D eigenvalue weighted by Crippen LogP contribution is 2.34. The van der Waals surface area contributed by atoms with Gasteiger partial charge in [-0.15, -0.1) is 10.2 Å². The van der Waals surface area contributed by atoms with Crippen LogP contribution in [0.1, 0.15) is 37.9 Å². The Morgan fingerprint density at radius 1 is 1.02 bits per heavy atom. The average molecular weight is 563 g/mol. The summed E-state index contributed by atoms with van der Waals surface area (Å²) in [4.78, 5) is 13.5. The summed E-state index contributed by atoms with van der Waals surface area (Å²) in [5.41, 5.74) is 4.38. The number of aliphatic hydroxyl groups excluding tert-OH is 1. The zero-order valence-corrected chi connectivity index (χ0v) is 23.5. The fourth-order valence-corrected chi connectivity index (χ4v) is 4.89. The largest absolute Gasteiger partial charge is 0.494 e. The summed E-state index contributed by atoms with van der Waals surface area (Å²) in [5, 5.41) is 25.3. The maximum atomic E-state index is 10.3. The molecule has 0 fully saturated rings. The number of rotatable bonds is 10. The standard InChI is InChI=1S/C30H30BN7O4/c1-4-40-31-24-13-12-21(15-23(24)30(2,3)42-31)34-29-33-17-22(28-38-37-27(41-28)20-11-8-14-32-16-20)26(36-29)35-25(18-39)19-9-6-5-7-10-19/h5-17,25,39H,4,18H2,1-3H3,(H2,33,34,35,36)/t25-/m1/s1. The second kappa shape index (κ2) is 11.7. The number of hydrogen-bond acceptors (Lipinski definition) is 11. The molecule has 5 aromatic rings. The van der Waals surface area contributed by atoms with E-state index in [1.807, 2.05) is 75.4 Å².